The summed E-state index contributed by atoms with van der Waals surface area (Å²) in [6.07, 6.45) is 0.513. The first-order valence-electron chi connectivity index (χ1n) is 12.0. The molecule has 2 aliphatic rings. The Morgan fingerprint density at radius 3 is 2.26 bits per heavy atom. The van der Waals surface area contributed by atoms with Gasteiger partial charge in [0.15, 0.2) is 11.6 Å². The predicted molar refractivity (Wildman–Crippen MR) is 125 cm³/mol. The SMILES string of the molecule is CCN1CCN(c2cc(C3CNCCN3)c(F)c(F)c2CCN(C(C)C)C(C)C)CC1. The first-order chi connectivity index (χ1) is 14.8. The molecule has 0 aromatic heterocycles. The lowest BCUT2D eigenvalue weighted by molar-refractivity contribution is 0.176. The quantitative estimate of drug-likeness (QED) is 0.654. The molecule has 0 spiro atoms. The van der Waals surface area contributed by atoms with Crippen molar-refractivity contribution in [2.45, 2.75) is 59.2 Å². The van der Waals surface area contributed by atoms with Crippen molar-refractivity contribution in [1.29, 1.82) is 0 Å². The van der Waals surface area contributed by atoms with Crippen LogP contribution in [0.4, 0.5) is 14.5 Å². The molecule has 2 fully saturated rings. The van der Waals surface area contributed by atoms with Gasteiger partial charge in [-0.05, 0) is 46.7 Å². The summed E-state index contributed by atoms with van der Waals surface area (Å²) in [6.45, 7) is 18.4. The Labute approximate surface area is 187 Å². The van der Waals surface area contributed by atoms with Gasteiger partial charge in [0.25, 0.3) is 0 Å². The average molecular weight is 438 g/mol. The van der Waals surface area contributed by atoms with Gasteiger partial charge < -0.3 is 20.4 Å². The van der Waals surface area contributed by atoms with Crippen molar-refractivity contribution in [3.05, 3.63) is 28.8 Å². The third kappa shape index (κ3) is 5.75. The van der Waals surface area contributed by atoms with Gasteiger partial charge in [-0.15, -0.1) is 0 Å². The van der Waals surface area contributed by atoms with Gasteiger partial charge in [0, 0.05) is 87.3 Å². The number of anilines is 1. The van der Waals surface area contributed by atoms with Crippen LogP contribution in [0.1, 0.15) is 51.8 Å². The highest BCUT2D eigenvalue weighted by Crippen LogP contribution is 2.33. The van der Waals surface area contributed by atoms with Crippen molar-refractivity contribution in [2.24, 2.45) is 0 Å². The number of rotatable bonds is 8. The van der Waals surface area contributed by atoms with Gasteiger partial charge in [0.2, 0.25) is 0 Å². The number of halogens is 2. The fourth-order valence-corrected chi connectivity index (χ4v) is 4.97. The molecule has 0 radical (unpaired) electrons. The summed E-state index contributed by atoms with van der Waals surface area (Å²) in [4.78, 5) is 7.01. The number of hydrogen-bond donors (Lipinski definition) is 2. The lowest BCUT2D eigenvalue weighted by atomic mass is 9.97. The van der Waals surface area contributed by atoms with E-state index in [1.165, 1.54) is 0 Å². The molecule has 176 valence electrons. The molecular formula is C24H41F2N5. The van der Waals surface area contributed by atoms with Gasteiger partial charge in [0.1, 0.15) is 0 Å². The summed E-state index contributed by atoms with van der Waals surface area (Å²) in [5.74, 6) is -1.35. The molecule has 1 aromatic carbocycles. The van der Waals surface area contributed by atoms with Crippen molar-refractivity contribution in [3.63, 3.8) is 0 Å². The first kappa shape index (κ1) is 24.4. The fraction of sp³-hybridized carbons (Fsp3) is 0.750. The Hall–Kier alpha value is -1.28. The summed E-state index contributed by atoms with van der Waals surface area (Å²) < 4.78 is 30.8. The molecular weight excluding hydrogens is 396 g/mol. The number of piperazine rings is 2. The van der Waals surface area contributed by atoms with E-state index in [1.807, 2.05) is 6.07 Å². The lowest BCUT2D eigenvalue weighted by Crippen LogP contribution is -2.47. The monoisotopic (exact) mass is 437 g/mol. The number of nitrogens with one attached hydrogen (secondary N) is 2. The van der Waals surface area contributed by atoms with Gasteiger partial charge in [-0.2, -0.15) is 0 Å². The highest BCUT2D eigenvalue weighted by molar-refractivity contribution is 5.58. The molecule has 2 N–H and O–H groups in total. The summed E-state index contributed by atoms with van der Waals surface area (Å²) >= 11 is 0. The molecule has 3 rings (SSSR count). The van der Waals surface area contributed by atoms with E-state index in [2.05, 4.69) is 60.0 Å². The molecule has 5 nitrogen and oxygen atoms in total. The second-order valence-electron chi connectivity index (χ2n) is 9.40. The molecule has 0 amide bonds. The van der Waals surface area contributed by atoms with Gasteiger partial charge in [-0.3, -0.25) is 4.90 Å². The van der Waals surface area contributed by atoms with Crippen molar-refractivity contribution in [3.8, 4) is 0 Å². The van der Waals surface area contributed by atoms with Crippen molar-refractivity contribution in [1.82, 2.24) is 20.4 Å². The van der Waals surface area contributed by atoms with Gasteiger partial charge >= 0.3 is 0 Å². The molecule has 1 unspecified atom stereocenters. The lowest BCUT2D eigenvalue weighted by Gasteiger charge is -2.38. The van der Waals surface area contributed by atoms with Gasteiger partial charge in [0.05, 0.1) is 0 Å². The van der Waals surface area contributed by atoms with E-state index >= 15 is 8.78 Å². The zero-order valence-electron chi connectivity index (χ0n) is 20.0. The van der Waals surface area contributed by atoms with Crippen molar-refractivity contribution in [2.75, 3.05) is 63.8 Å². The van der Waals surface area contributed by atoms with Crippen LogP contribution in [-0.4, -0.2) is 80.8 Å². The fourth-order valence-electron chi connectivity index (χ4n) is 4.97. The van der Waals surface area contributed by atoms with Crippen LogP contribution in [0.5, 0.6) is 0 Å². The van der Waals surface area contributed by atoms with Crippen LogP contribution in [0.15, 0.2) is 6.07 Å². The summed E-state index contributed by atoms with van der Waals surface area (Å²) in [7, 11) is 0. The van der Waals surface area contributed by atoms with Crippen LogP contribution < -0.4 is 15.5 Å². The summed E-state index contributed by atoms with van der Waals surface area (Å²) in [5.41, 5.74) is 1.86. The Balaban J connectivity index is 1.94. The van der Waals surface area contributed by atoms with Crippen LogP contribution in [-0.2, 0) is 6.42 Å². The van der Waals surface area contributed by atoms with Crippen LogP contribution in [0.2, 0.25) is 0 Å². The third-order valence-corrected chi connectivity index (χ3v) is 6.84. The highest BCUT2D eigenvalue weighted by atomic mass is 19.2. The average Bonchev–Trinajstić information content (AvgIpc) is 2.77. The zero-order valence-corrected chi connectivity index (χ0v) is 20.0. The molecule has 31 heavy (non-hydrogen) atoms. The van der Waals surface area contributed by atoms with Crippen LogP contribution in [0, 0.1) is 11.6 Å². The minimum atomic E-state index is -0.687. The Kier molecular flexibility index (Phi) is 8.67. The van der Waals surface area contributed by atoms with Gasteiger partial charge in [-0.1, -0.05) is 6.92 Å². The van der Waals surface area contributed by atoms with E-state index in [1.54, 1.807) is 0 Å². The number of hydrogen-bond acceptors (Lipinski definition) is 5. The summed E-state index contributed by atoms with van der Waals surface area (Å²) in [5, 5.41) is 6.64. The van der Waals surface area contributed by atoms with E-state index in [0.29, 0.717) is 36.2 Å². The number of benzene rings is 1. The third-order valence-electron chi connectivity index (χ3n) is 6.84. The first-order valence-corrected chi connectivity index (χ1v) is 12.0. The number of likely N-dealkylation sites (N-methyl/N-ethyl adjacent to an activating group) is 1. The summed E-state index contributed by atoms with van der Waals surface area (Å²) in [6, 6.07) is 2.45. The van der Waals surface area contributed by atoms with Crippen molar-refractivity contribution < 1.29 is 8.78 Å². The zero-order chi connectivity index (χ0) is 22.5. The second-order valence-corrected chi connectivity index (χ2v) is 9.40. The maximum atomic E-state index is 15.5. The minimum absolute atomic E-state index is 0.198. The Bertz CT molecular complexity index is 702. The molecule has 0 bridgehead atoms. The van der Waals surface area contributed by atoms with Crippen LogP contribution in [0.25, 0.3) is 0 Å². The second kappa shape index (κ2) is 11.0. The number of nitrogens with zero attached hydrogens (tertiary/aromatic N) is 3. The largest absolute Gasteiger partial charge is 0.369 e. The molecule has 1 atom stereocenters. The molecule has 0 saturated carbocycles. The smallest absolute Gasteiger partial charge is 0.164 e. The maximum absolute atomic E-state index is 15.5. The highest BCUT2D eigenvalue weighted by Gasteiger charge is 2.28. The van der Waals surface area contributed by atoms with Gasteiger partial charge in [-0.25, -0.2) is 8.78 Å². The Morgan fingerprint density at radius 2 is 1.71 bits per heavy atom. The molecule has 0 aliphatic carbocycles. The molecule has 7 heteroatoms. The molecule has 2 saturated heterocycles. The maximum Gasteiger partial charge on any atom is 0.164 e. The standard InChI is InChI=1S/C24H41F2N5/c1-6-29-11-13-30(14-12-29)22-15-20(21-16-27-8-9-28-21)24(26)23(25)19(22)7-10-31(17(2)3)18(4)5/h15,17-18,21,27-28H,6-14,16H2,1-5H3. The van der Waals surface area contributed by atoms with E-state index in [4.69, 9.17) is 0 Å². The predicted octanol–water partition coefficient (Wildman–Crippen LogP) is 3.00. The molecule has 1 aromatic rings. The van der Waals surface area contributed by atoms with E-state index in [-0.39, 0.29) is 6.04 Å². The van der Waals surface area contributed by atoms with Crippen LogP contribution in [0.3, 0.4) is 0 Å². The molecule has 2 aliphatic heterocycles. The van der Waals surface area contributed by atoms with E-state index < -0.39 is 11.6 Å². The minimum Gasteiger partial charge on any atom is -0.369 e. The van der Waals surface area contributed by atoms with Crippen LogP contribution >= 0.6 is 0 Å². The van der Waals surface area contributed by atoms with E-state index in [9.17, 15) is 0 Å². The topological polar surface area (TPSA) is 33.8 Å². The Morgan fingerprint density at radius 1 is 1.03 bits per heavy atom. The molecule has 2 heterocycles. The van der Waals surface area contributed by atoms with Crippen molar-refractivity contribution >= 4 is 5.69 Å². The normalized spacial score (nSPS) is 21.0. The van der Waals surface area contributed by atoms with E-state index in [0.717, 1.165) is 58.0 Å².